The van der Waals surface area contributed by atoms with Gasteiger partial charge in [-0.05, 0) is 62.6 Å². The van der Waals surface area contributed by atoms with Gasteiger partial charge in [0.1, 0.15) is 6.04 Å². The lowest BCUT2D eigenvalue weighted by Gasteiger charge is -2.18. The third-order valence-corrected chi connectivity index (χ3v) is 5.72. The van der Waals surface area contributed by atoms with Gasteiger partial charge in [-0.15, -0.1) is 0 Å². The first-order valence-corrected chi connectivity index (χ1v) is 10.7. The first-order chi connectivity index (χ1) is 15.1. The van der Waals surface area contributed by atoms with E-state index in [0.29, 0.717) is 11.6 Å². The van der Waals surface area contributed by atoms with Gasteiger partial charge in [0.2, 0.25) is 5.88 Å². The number of hydrogen-bond acceptors (Lipinski definition) is 6. The molecule has 0 bridgehead atoms. The molecule has 0 spiro atoms. The maximum absolute atomic E-state index is 11.5. The summed E-state index contributed by atoms with van der Waals surface area (Å²) < 4.78 is 6.81. The maximum Gasteiger partial charge on any atom is 0.305 e. The van der Waals surface area contributed by atoms with Gasteiger partial charge in [-0.1, -0.05) is 6.07 Å². The van der Waals surface area contributed by atoms with Crippen LogP contribution in [-0.2, 0) is 30.5 Å². The zero-order valence-corrected chi connectivity index (χ0v) is 17.7. The van der Waals surface area contributed by atoms with Crippen LogP contribution in [0.4, 0.5) is 0 Å². The fourth-order valence-corrected chi connectivity index (χ4v) is 4.12. The molecule has 0 saturated heterocycles. The highest BCUT2D eigenvalue weighted by Gasteiger charge is 2.22. The van der Waals surface area contributed by atoms with Crippen LogP contribution in [-0.4, -0.2) is 42.9 Å². The van der Waals surface area contributed by atoms with Gasteiger partial charge in [0, 0.05) is 23.3 Å². The first-order valence-electron chi connectivity index (χ1n) is 10.7. The smallest absolute Gasteiger partial charge is 0.305 e. The van der Waals surface area contributed by atoms with Crippen molar-refractivity contribution in [2.45, 2.75) is 57.4 Å². The topological polar surface area (TPSA) is 103 Å². The number of nitrogens with zero attached hydrogens (tertiary/aromatic N) is 5. The molecule has 0 aliphatic heterocycles. The molecule has 31 heavy (non-hydrogen) atoms. The molecule has 3 aromatic heterocycles. The molecule has 1 aliphatic rings. The van der Waals surface area contributed by atoms with Crippen molar-refractivity contribution in [3.05, 3.63) is 65.1 Å². The molecule has 4 rings (SSSR count). The highest BCUT2D eigenvalue weighted by Crippen LogP contribution is 2.24. The average molecular weight is 422 g/mol. The molecule has 162 valence electrons. The van der Waals surface area contributed by atoms with Crippen LogP contribution < -0.4 is 4.74 Å². The van der Waals surface area contributed by atoms with Crippen LogP contribution in [0.15, 0.2) is 36.8 Å². The van der Waals surface area contributed by atoms with E-state index in [1.54, 1.807) is 17.1 Å². The molecule has 1 atom stereocenters. The lowest BCUT2D eigenvalue weighted by molar-refractivity contribution is -0.137. The van der Waals surface area contributed by atoms with E-state index in [1.807, 2.05) is 6.07 Å². The summed E-state index contributed by atoms with van der Waals surface area (Å²) in [5.74, 6) is -0.529. The zero-order chi connectivity index (χ0) is 21.6. The van der Waals surface area contributed by atoms with E-state index in [9.17, 15) is 9.90 Å². The Hall–Kier alpha value is -3.29. The number of aromatic nitrogens is 5. The van der Waals surface area contributed by atoms with Gasteiger partial charge < -0.3 is 9.84 Å². The third-order valence-electron chi connectivity index (χ3n) is 5.72. The van der Waals surface area contributed by atoms with Crippen LogP contribution in [0.1, 0.15) is 60.1 Å². The number of aryl methyl sites for hydroxylation is 4. The van der Waals surface area contributed by atoms with Crippen molar-refractivity contribution in [2.75, 3.05) is 7.11 Å². The molecule has 8 heteroatoms. The largest absolute Gasteiger partial charge is 0.481 e. The average Bonchev–Trinajstić information content (AvgIpc) is 3.25. The molecule has 0 aromatic carbocycles. The molecule has 0 amide bonds. The molecule has 1 unspecified atom stereocenters. The van der Waals surface area contributed by atoms with Gasteiger partial charge in [0.05, 0.1) is 31.6 Å². The molecule has 8 nitrogen and oxygen atoms in total. The van der Waals surface area contributed by atoms with Crippen LogP contribution >= 0.6 is 0 Å². The van der Waals surface area contributed by atoms with Crippen molar-refractivity contribution in [2.24, 2.45) is 0 Å². The highest BCUT2D eigenvalue weighted by atomic mass is 16.5. The summed E-state index contributed by atoms with van der Waals surface area (Å²) in [6, 6.07) is 5.78. The molecule has 0 fully saturated rings. The van der Waals surface area contributed by atoms with Gasteiger partial charge in [-0.25, -0.2) is 4.98 Å². The Kier molecular flexibility index (Phi) is 6.54. The van der Waals surface area contributed by atoms with Crippen molar-refractivity contribution in [3.63, 3.8) is 0 Å². The Morgan fingerprint density at radius 3 is 2.81 bits per heavy atom. The Balaban J connectivity index is 1.46. The molecule has 1 aliphatic carbocycles. The van der Waals surface area contributed by atoms with E-state index in [4.69, 9.17) is 9.72 Å². The second-order valence-corrected chi connectivity index (χ2v) is 7.83. The lowest BCUT2D eigenvalue weighted by Crippen LogP contribution is -2.20. The predicted molar refractivity (Wildman–Crippen MR) is 114 cm³/mol. The van der Waals surface area contributed by atoms with Crippen LogP contribution in [0.3, 0.4) is 0 Å². The molecular weight excluding hydrogens is 394 g/mol. The Morgan fingerprint density at radius 1 is 1.16 bits per heavy atom. The second-order valence-electron chi connectivity index (χ2n) is 7.83. The Bertz CT molecular complexity index is 1030. The summed E-state index contributed by atoms with van der Waals surface area (Å²) in [6.45, 7) is 0. The van der Waals surface area contributed by atoms with E-state index in [2.05, 4.69) is 27.2 Å². The van der Waals surface area contributed by atoms with Crippen LogP contribution in [0, 0.1) is 0 Å². The number of aliphatic carboxylic acids is 1. The van der Waals surface area contributed by atoms with Crippen molar-refractivity contribution < 1.29 is 14.6 Å². The number of methoxy groups -OCH3 is 1. The summed E-state index contributed by atoms with van der Waals surface area (Å²) >= 11 is 0. The molecular formula is C23H27N5O3. The van der Waals surface area contributed by atoms with Crippen molar-refractivity contribution in [3.8, 4) is 5.88 Å². The number of pyridine rings is 1. The standard InChI is InChI=1S/C23H27N5O3/c1-31-22-15-24-20(14-25-22)21(13-23(29)30)28-18(11-12-26-28)7-4-6-17-10-9-16-5-2-3-8-19(16)27-17/h9-12,14-15,21H,2-8,13H2,1H3,(H,29,30). The van der Waals surface area contributed by atoms with Crippen molar-refractivity contribution in [1.29, 1.82) is 0 Å². The summed E-state index contributed by atoms with van der Waals surface area (Å²) in [4.78, 5) is 24.9. The molecule has 0 saturated carbocycles. The Morgan fingerprint density at radius 2 is 2.03 bits per heavy atom. The molecule has 0 radical (unpaired) electrons. The second kappa shape index (κ2) is 9.68. The fraction of sp³-hybridized carbons (Fsp3) is 0.435. The van der Waals surface area contributed by atoms with Gasteiger partial charge in [0.15, 0.2) is 0 Å². The number of carboxylic acid groups (broad SMARTS) is 1. The summed E-state index contributed by atoms with van der Waals surface area (Å²) in [5, 5.41) is 13.8. The molecule has 3 aromatic rings. The summed E-state index contributed by atoms with van der Waals surface area (Å²) in [7, 11) is 1.52. The molecule has 1 N–H and O–H groups in total. The van der Waals surface area contributed by atoms with Gasteiger partial charge in [-0.3, -0.25) is 19.4 Å². The van der Waals surface area contributed by atoms with Gasteiger partial charge >= 0.3 is 5.97 Å². The van der Waals surface area contributed by atoms with E-state index in [0.717, 1.165) is 43.5 Å². The SMILES string of the molecule is COc1cnc(C(CC(=O)O)n2nccc2CCCc2ccc3c(n2)CCCC3)cn1. The van der Waals surface area contributed by atoms with E-state index in [-0.39, 0.29) is 6.42 Å². The van der Waals surface area contributed by atoms with Crippen LogP contribution in [0.25, 0.3) is 0 Å². The Labute approximate surface area is 181 Å². The zero-order valence-electron chi connectivity index (χ0n) is 17.7. The van der Waals surface area contributed by atoms with Gasteiger partial charge in [0.25, 0.3) is 0 Å². The van der Waals surface area contributed by atoms with Crippen molar-refractivity contribution in [1.82, 2.24) is 24.7 Å². The number of ether oxygens (including phenoxy) is 1. The molecule has 3 heterocycles. The quantitative estimate of drug-likeness (QED) is 0.566. The lowest BCUT2D eigenvalue weighted by atomic mass is 9.95. The van der Waals surface area contributed by atoms with Gasteiger partial charge in [-0.2, -0.15) is 5.10 Å². The summed E-state index contributed by atoms with van der Waals surface area (Å²) in [5.41, 5.74) is 5.29. The maximum atomic E-state index is 11.5. The van der Waals surface area contributed by atoms with E-state index < -0.39 is 12.0 Å². The monoisotopic (exact) mass is 421 g/mol. The number of rotatable bonds is 9. The first kappa shape index (κ1) is 21.0. The van der Waals surface area contributed by atoms with E-state index >= 15 is 0 Å². The minimum Gasteiger partial charge on any atom is -0.481 e. The number of carbonyl (C=O) groups is 1. The third kappa shape index (κ3) is 5.07. The number of hydrogen-bond donors (Lipinski definition) is 1. The highest BCUT2D eigenvalue weighted by molar-refractivity contribution is 5.67. The van der Waals surface area contributed by atoms with Crippen LogP contribution in [0.5, 0.6) is 5.88 Å². The number of fused-ring (bicyclic) bond motifs is 1. The number of carboxylic acids is 1. The minimum atomic E-state index is -0.915. The normalized spacial score (nSPS) is 14.1. The van der Waals surface area contributed by atoms with E-state index in [1.165, 1.54) is 37.4 Å². The minimum absolute atomic E-state index is 0.123. The summed E-state index contributed by atoms with van der Waals surface area (Å²) in [6.07, 6.45) is 11.9. The van der Waals surface area contributed by atoms with Crippen LogP contribution in [0.2, 0.25) is 0 Å². The predicted octanol–water partition coefficient (Wildman–Crippen LogP) is 3.19. The van der Waals surface area contributed by atoms with Crippen molar-refractivity contribution >= 4 is 5.97 Å². The fourth-order valence-electron chi connectivity index (χ4n) is 4.12.